The minimum Gasteiger partial charge on any atom is -0.497 e. The second-order valence-corrected chi connectivity index (χ2v) is 4.39. The molecule has 3 aromatic rings. The summed E-state index contributed by atoms with van der Waals surface area (Å²) in [5.74, 6) is -0.144. The van der Waals surface area contributed by atoms with Crippen molar-refractivity contribution in [1.82, 2.24) is 15.1 Å². The van der Waals surface area contributed by atoms with E-state index in [2.05, 4.69) is 15.1 Å². The van der Waals surface area contributed by atoms with Gasteiger partial charge in [-0.25, -0.2) is 4.79 Å². The van der Waals surface area contributed by atoms with Crippen LogP contribution in [0.2, 0.25) is 0 Å². The van der Waals surface area contributed by atoms with Gasteiger partial charge >= 0.3 is 5.97 Å². The van der Waals surface area contributed by atoms with Gasteiger partial charge in [0.15, 0.2) is 0 Å². The van der Waals surface area contributed by atoms with Crippen LogP contribution in [0, 0.1) is 0 Å². The van der Waals surface area contributed by atoms with Crippen molar-refractivity contribution in [3.8, 4) is 28.7 Å². The van der Waals surface area contributed by atoms with Crippen LogP contribution in [0.1, 0.15) is 10.4 Å². The van der Waals surface area contributed by atoms with Gasteiger partial charge < -0.3 is 14.4 Å². The van der Waals surface area contributed by atoms with Crippen molar-refractivity contribution >= 4 is 5.97 Å². The normalized spacial score (nSPS) is 10.4. The first-order chi connectivity index (χ1) is 10.7. The summed E-state index contributed by atoms with van der Waals surface area (Å²) in [6.45, 7) is 0. The molecule has 0 aliphatic carbocycles. The maximum atomic E-state index is 11.1. The van der Waals surface area contributed by atoms with Crippen LogP contribution in [-0.4, -0.2) is 33.3 Å². The molecule has 0 radical (unpaired) electrons. The molecule has 1 aromatic carbocycles. The van der Waals surface area contributed by atoms with Crippen LogP contribution in [0.4, 0.5) is 0 Å². The molecule has 0 spiro atoms. The molecule has 0 saturated heterocycles. The SMILES string of the molecule is COc1cc(C(=O)O)cc(-c2nc(-c3ccccn3)no2)c1. The number of rotatable bonds is 4. The van der Waals surface area contributed by atoms with E-state index >= 15 is 0 Å². The average Bonchev–Trinajstić information content (AvgIpc) is 3.05. The van der Waals surface area contributed by atoms with Gasteiger partial charge in [0.2, 0.25) is 5.82 Å². The Kier molecular flexibility index (Phi) is 3.53. The van der Waals surface area contributed by atoms with E-state index in [0.717, 1.165) is 0 Å². The molecule has 2 heterocycles. The number of carboxylic acids is 1. The van der Waals surface area contributed by atoms with Crippen molar-refractivity contribution in [3.05, 3.63) is 48.2 Å². The predicted molar refractivity (Wildman–Crippen MR) is 76.5 cm³/mol. The summed E-state index contributed by atoms with van der Waals surface area (Å²) in [6.07, 6.45) is 1.62. The Morgan fingerprint density at radius 2 is 2.14 bits per heavy atom. The van der Waals surface area contributed by atoms with E-state index in [1.165, 1.54) is 19.2 Å². The van der Waals surface area contributed by atoms with Gasteiger partial charge in [0.05, 0.1) is 12.7 Å². The monoisotopic (exact) mass is 297 g/mol. The summed E-state index contributed by atoms with van der Waals surface area (Å²) in [7, 11) is 1.46. The smallest absolute Gasteiger partial charge is 0.335 e. The largest absolute Gasteiger partial charge is 0.497 e. The van der Waals surface area contributed by atoms with Crippen molar-refractivity contribution in [2.75, 3.05) is 7.11 Å². The minimum absolute atomic E-state index is 0.0759. The van der Waals surface area contributed by atoms with Crippen LogP contribution in [0.15, 0.2) is 47.1 Å². The maximum Gasteiger partial charge on any atom is 0.335 e. The third kappa shape index (κ3) is 2.64. The number of hydrogen-bond acceptors (Lipinski definition) is 6. The Bertz CT molecular complexity index is 815. The first kappa shape index (κ1) is 13.7. The number of methoxy groups -OCH3 is 1. The fraction of sp³-hybridized carbons (Fsp3) is 0.0667. The molecule has 1 N–H and O–H groups in total. The number of ether oxygens (including phenoxy) is 1. The highest BCUT2D eigenvalue weighted by Crippen LogP contribution is 2.26. The average molecular weight is 297 g/mol. The van der Waals surface area contributed by atoms with E-state index in [4.69, 9.17) is 14.4 Å². The second kappa shape index (κ2) is 5.65. The van der Waals surface area contributed by atoms with Gasteiger partial charge in [-0.15, -0.1) is 0 Å². The molecule has 0 amide bonds. The Labute approximate surface area is 125 Å². The van der Waals surface area contributed by atoms with Gasteiger partial charge in [-0.3, -0.25) is 4.98 Å². The van der Waals surface area contributed by atoms with Crippen molar-refractivity contribution < 1.29 is 19.2 Å². The Morgan fingerprint density at radius 1 is 1.27 bits per heavy atom. The minimum atomic E-state index is -1.07. The van der Waals surface area contributed by atoms with Crippen LogP contribution in [0.25, 0.3) is 23.0 Å². The van der Waals surface area contributed by atoms with Gasteiger partial charge in [0.1, 0.15) is 11.4 Å². The summed E-state index contributed by atoms with van der Waals surface area (Å²) in [5, 5.41) is 13.0. The quantitative estimate of drug-likeness (QED) is 0.789. The first-order valence-electron chi connectivity index (χ1n) is 6.35. The summed E-state index contributed by atoms with van der Waals surface area (Å²) in [6, 6.07) is 9.84. The van der Waals surface area contributed by atoms with E-state index in [-0.39, 0.29) is 11.5 Å². The second-order valence-electron chi connectivity index (χ2n) is 4.39. The molecule has 3 rings (SSSR count). The lowest BCUT2D eigenvalue weighted by Crippen LogP contribution is -1.98. The maximum absolute atomic E-state index is 11.1. The summed E-state index contributed by atoms with van der Waals surface area (Å²) in [5.41, 5.74) is 1.11. The molecule has 0 bridgehead atoms. The fourth-order valence-electron chi connectivity index (χ4n) is 1.90. The number of aromatic nitrogens is 3. The highest BCUT2D eigenvalue weighted by molar-refractivity contribution is 5.89. The Morgan fingerprint density at radius 3 is 2.82 bits per heavy atom. The van der Waals surface area contributed by atoms with E-state index in [1.54, 1.807) is 24.4 Å². The molecule has 2 aromatic heterocycles. The van der Waals surface area contributed by atoms with Crippen molar-refractivity contribution in [3.63, 3.8) is 0 Å². The molecule has 0 fully saturated rings. The Hall–Kier alpha value is -3.22. The molecule has 0 aliphatic heterocycles. The van der Waals surface area contributed by atoms with Gasteiger partial charge in [-0.2, -0.15) is 4.98 Å². The van der Waals surface area contributed by atoms with Gasteiger partial charge in [-0.05, 0) is 30.3 Å². The number of benzene rings is 1. The van der Waals surface area contributed by atoms with Crippen LogP contribution in [0.3, 0.4) is 0 Å². The first-order valence-corrected chi connectivity index (χ1v) is 6.35. The van der Waals surface area contributed by atoms with E-state index in [0.29, 0.717) is 22.8 Å². The molecule has 7 nitrogen and oxygen atoms in total. The van der Waals surface area contributed by atoms with Gasteiger partial charge in [0, 0.05) is 11.8 Å². The van der Waals surface area contributed by atoms with E-state index in [9.17, 15) is 4.79 Å². The molecule has 22 heavy (non-hydrogen) atoms. The van der Waals surface area contributed by atoms with Crippen LogP contribution >= 0.6 is 0 Å². The number of aromatic carboxylic acids is 1. The number of pyridine rings is 1. The molecule has 0 saturated carbocycles. The van der Waals surface area contributed by atoms with Crippen molar-refractivity contribution in [1.29, 1.82) is 0 Å². The highest BCUT2D eigenvalue weighted by atomic mass is 16.5. The molecule has 0 unspecified atom stereocenters. The summed E-state index contributed by atoms with van der Waals surface area (Å²) >= 11 is 0. The zero-order valence-corrected chi connectivity index (χ0v) is 11.6. The van der Waals surface area contributed by atoms with Crippen molar-refractivity contribution in [2.45, 2.75) is 0 Å². The van der Waals surface area contributed by atoms with Gasteiger partial charge in [-0.1, -0.05) is 11.2 Å². The molecular weight excluding hydrogens is 286 g/mol. The zero-order chi connectivity index (χ0) is 15.5. The zero-order valence-electron chi connectivity index (χ0n) is 11.6. The summed E-state index contributed by atoms with van der Waals surface area (Å²) < 4.78 is 10.3. The lowest BCUT2D eigenvalue weighted by molar-refractivity contribution is 0.0696. The van der Waals surface area contributed by atoms with Crippen LogP contribution in [0.5, 0.6) is 5.75 Å². The molecule has 110 valence electrons. The van der Waals surface area contributed by atoms with E-state index < -0.39 is 5.97 Å². The number of nitrogens with zero attached hydrogens (tertiary/aromatic N) is 3. The Balaban J connectivity index is 2.03. The predicted octanol–water partition coefficient (Wildman–Crippen LogP) is 2.51. The van der Waals surface area contributed by atoms with Crippen molar-refractivity contribution in [2.24, 2.45) is 0 Å². The fourth-order valence-corrected chi connectivity index (χ4v) is 1.90. The highest BCUT2D eigenvalue weighted by Gasteiger charge is 2.15. The van der Waals surface area contributed by atoms with Crippen LogP contribution in [-0.2, 0) is 0 Å². The molecule has 7 heteroatoms. The van der Waals surface area contributed by atoms with E-state index in [1.807, 2.05) is 6.07 Å². The number of hydrogen-bond donors (Lipinski definition) is 1. The summed E-state index contributed by atoms with van der Waals surface area (Å²) in [4.78, 5) is 19.5. The number of carboxylic acid groups (broad SMARTS) is 1. The number of carbonyl (C=O) groups is 1. The lowest BCUT2D eigenvalue weighted by Gasteiger charge is -2.03. The van der Waals surface area contributed by atoms with Crippen LogP contribution < -0.4 is 4.74 Å². The third-order valence-electron chi connectivity index (χ3n) is 2.96. The lowest BCUT2D eigenvalue weighted by atomic mass is 10.1. The third-order valence-corrected chi connectivity index (χ3v) is 2.96. The van der Waals surface area contributed by atoms with Gasteiger partial charge in [0.25, 0.3) is 5.89 Å². The standard InChI is InChI=1S/C15H11N3O4/c1-21-11-7-9(6-10(8-11)15(19)20)14-17-13(18-22-14)12-4-2-3-5-16-12/h2-8H,1H3,(H,19,20). The topological polar surface area (TPSA) is 98.3 Å². The molecular formula is C15H11N3O4. The molecule has 0 atom stereocenters. The molecule has 0 aliphatic rings.